The van der Waals surface area contributed by atoms with E-state index in [1.165, 1.54) is 36.4 Å². The molecule has 8 nitrogen and oxygen atoms in total. The summed E-state index contributed by atoms with van der Waals surface area (Å²) in [6.45, 7) is 0.679. The average molecular weight is 450 g/mol. The lowest BCUT2D eigenvalue weighted by molar-refractivity contribution is -0.106. The summed E-state index contributed by atoms with van der Waals surface area (Å²) in [5.41, 5.74) is 5.59. The van der Waals surface area contributed by atoms with E-state index in [1.54, 1.807) is 12.1 Å². The monoisotopic (exact) mass is 449 g/mol. The number of nitrogens with two attached hydrogens (primary N) is 1. The number of anilines is 1. The summed E-state index contributed by atoms with van der Waals surface area (Å²) in [4.78, 5) is -0.148. The summed E-state index contributed by atoms with van der Waals surface area (Å²) in [6, 6.07) is 11.6. The van der Waals surface area contributed by atoms with Crippen molar-refractivity contribution >= 4 is 35.5 Å². The van der Waals surface area contributed by atoms with Crippen molar-refractivity contribution in [2.24, 2.45) is 0 Å². The van der Waals surface area contributed by atoms with Crippen LogP contribution in [0.1, 0.15) is 19.3 Å². The van der Waals surface area contributed by atoms with E-state index in [1.807, 2.05) is 0 Å². The van der Waals surface area contributed by atoms with Crippen molar-refractivity contribution in [1.29, 1.82) is 0 Å². The molecule has 1 aliphatic heterocycles. The first-order chi connectivity index (χ1) is 13.1. The van der Waals surface area contributed by atoms with Gasteiger partial charge >= 0.3 is 0 Å². The van der Waals surface area contributed by atoms with E-state index in [0.29, 0.717) is 18.0 Å². The van der Waals surface area contributed by atoms with Crippen molar-refractivity contribution in [3.05, 3.63) is 48.5 Å². The molecule has 0 radical (unpaired) electrons. The van der Waals surface area contributed by atoms with Gasteiger partial charge in [-0.05, 0) is 43.2 Å². The van der Waals surface area contributed by atoms with Gasteiger partial charge in [0, 0.05) is 28.9 Å². The summed E-state index contributed by atoms with van der Waals surface area (Å²) in [7, 11) is -2.56. The summed E-state index contributed by atoms with van der Waals surface area (Å²) in [5.74, 6) is 0.457. The second-order valence-corrected chi connectivity index (χ2v) is 9.86. The Kier molecular flexibility index (Phi) is 7.67. The lowest BCUT2D eigenvalue weighted by Crippen LogP contribution is -2.24. The molecular formula is C17H20ClNO7S2. The summed E-state index contributed by atoms with van der Waals surface area (Å²) in [6.07, 6.45) is 2.61. The molecule has 1 atom stereocenters. The second-order valence-electron chi connectivity index (χ2n) is 5.87. The van der Waals surface area contributed by atoms with Crippen LogP contribution in [0.3, 0.4) is 0 Å². The van der Waals surface area contributed by atoms with Gasteiger partial charge < -0.3 is 15.2 Å². The maximum absolute atomic E-state index is 11.2. The average Bonchev–Trinajstić information content (AvgIpc) is 2.62. The third kappa shape index (κ3) is 7.28. The van der Waals surface area contributed by atoms with Crippen LogP contribution in [0, 0.1) is 0 Å². The molecule has 1 unspecified atom stereocenters. The van der Waals surface area contributed by atoms with E-state index in [2.05, 4.69) is 0 Å². The van der Waals surface area contributed by atoms with Crippen molar-refractivity contribution in [3.63, 3.8) is 0 Å². The largest absolute Gasteiger partial charge is 0.465 e. The number of benzene rings is 2. The van der Waals surface area contributed by atoms with Crippen LogP contribution in [0.15, 0.2) is 58.3 Å². The summed E-state index contributed by atoms with van der Waals surface area (Å²) < 4.78 is 62.8. The Morgan fingerprint density at radius 1 is 1.04 bits per heavy atom. The van der Waals surface area contributed by atoms with Gasteiger partial charge in [0.2, 0.25) is 0 Å². The highest BCUT2D eigenvalue weighted by atomic mass is 35.7. The van der Waals surface area contributed by atoms with Crippen LogP contribution in [-0.2, 0) is 23.9 Å². The minimum absolute atomic E-state index is 0.0347. The van der Waals surface area contributed by atoms with Crippen LogP contribution >= 0.6 is 10.7 Å². The number of ether oxygens (including phenoxy) is 2. The van der Waals surface area contributed by atoms with Crippen LogP contribution in [0.25, 0.3) is 0 Å². The molecule has 2 aromatic rings. The Bertz CT molecular complexity index is 1000. The number of nitrogen functional groups attached to an aromatic ring is 1. The van der Waals surface area contributed by atoms with Gasteiger partial charge in [0.25, 0.3) is 19.2 Å². The van der Waals surface area contributed by atoms with Crippen molar-refractivity contribution in [3.8, 4) is 5.75 Å². The van der Waals surface area contributed by atoms with Gasteiger partial charge in [-0.2, -0.15) is 8.42 Å². The Morgan fingerprint density at radius 3 is 2.25 bits per heavy atom. The number of hydrogen-bond acceptors (Lipinski definition) is 7. The molecule has 0 aromatic heterocycles. The Labute approximate surface area is 168 Å². The molecular weight excluding hydrogens is 430 g/mol. The first-order valence-electron chi connectivity index (χ1n) is 8.22. The molecule has 11 heteroatoms. The molecule has 1 saturated heterocycles. The first-order valence-corrected chi connectivity index (χ1v) is 12.0. The van der Waals surface area contributed by atoms with E-state index in [4.69, 9.17) is 30.4 Å². The Hall–Kier alpha value is -1.85. The first kappa shape index (κ1) is 22.4. The maximum atomic E-state index is 11.2. The third-order valence-electron chi connectivity index (χ3n) is 3.65. The molecule has 0 bridgehead atoms. The van der Waals surface area contributed by atoms with Crippen molar-refractivity contribution in [2.45, 2.75) is 35.3 Å². The van der Waals surface area contributed by atoms with E-state index >= 15 is 0 Å². The Balaban J connectivity index is 0.000000221. The topological polar surface area (TPSA) is 133 Å². The molecule has 1 fully saturated rings. The molecule has 154 valence electrons. The van der Waals surface area contributed by atoms with Gasteiger partial charge in [-0.25, -0.2) is 8.42 Å². The predicted molar refractivity (Wildman–Crippen MR) is 104 cm³/mol. The quantitative estimate of drug-likeness (QED) is 0.413. The zero-order chi connectivity index (χ0) is 20.8. The third-order valence-corrected chi connectivity index (χ3v) is 5.85. The smallest absolute Gasteiger partial charge is 0.294 e. The van der Waals surface area contributed by atoms with Crippen LogP contribution < -0.4 is 10.5 Å². The summed E-state index contributed by atoms with van der Waals surface area (Å²) in [5, 5.41) is 0. The number of hydrogen-bond donors (Lipinski definition) is 2. The molecule has 2 aromatic carbocycles. The molecule has 3 N–H and O–H groups in total. The fraction of sp³-hybridized carbons (Fsp3) is 0.294. The highest BCUT2D eigenvalue weighted by Crippen LogP contribution is 2.23. The minimum atomic E-state index is -4.11. The van der Waals surface area contributed by atoms with E-state index in [-0.39, 0.29) is 16.1 Å². The predicted octanol–water partition coefficient (Wildman–Crippen LogP) is 3.04. The van der Waals surface area contributed by atoms with Gasteiger partial charge in [-0.1, -0.05) is 12.1 Å². The lowest BCUT2D eigenvalue weighted by Gasteiger charge is -2.23. The SMILES string of the molecule is Nc1cccc(S(=O)(=O)O)c1.O=S(=O)(Cl)c1cccc(OC2CCCCO2)c1. The highest BCUT2D eigenvalue weighted by Gasteiger charge is 2.17. The van der Waals surface area contributed by atoms with Crippen LogP contribution in [0.5, 0.6) is 5.75 Å². The standard InChI is InChI=1S/C11H13ClO4S.C6H7NO3S/c12-17(13,14)10-5-3-4-9(8-10)16-11-6-1-2-7-15-11;7-5-2-1-3-6(4-5)11(8,9)10/h3-5,8,11H,1-2,6-7H2;1-4H,7H2,(H,8,9,10). The van der Waals surface area contributed by atoms with Crippen molar-refractivity contribution < 1.29 is 30.9 Å². The highest BCUT2D eigenvalue weighted by molar-refractivity contribution is 8.13. The van der Waals surface area contributed by atoms with Gasteiger partial charge in [-0.3, -0.25) is 4.55 Å². The summed E-state index contributed by atoms with van der Waals surface area (Å²) >= 11 is 0. The van der Waals surface area contributed by atoms with Gasteiger partial charge in [0.05, 0.1) is 16.4 Å². The Morgan fingerprint density at radius 2 is 1.71 bits per heavy atom. The fourth-order valence-electron chi connectivity index (χ4n) is 2.33. The van der Waals surface area contributed by atoms with E-state index in [0.717, 1.165) is 19.3 Å². The van der Waals surface area contributed by atoms with Crippen molar-refractivity contribution in [2.75, 3.05) is 12.3 Å². The van der Waals surface area contributed by atoms with Gasteiger partial charge in [0.1, 0.15) is 5.75 Å². The molecule has 28 heavy (non-hydrogen) atoms. The zero-order valence-corrected chi connectivity index (χ0v) is 17.1. The number of rotatable bonds is 4. The van der Waals surface area contributed by atoms with E-state index in [9.17, 15) is 16.8 Å². The van der Waals surface area contributed by atoms with Crippen LogP contribution in [0.2, 0.25) is 0 Å². The zero-order valence-electron chi connectivity index (χ0n) is 14.7. The molecule has 0 amide bonds. The van der Waals surface area contributed by atoms with Crippen LogP contribution in [0.4, 0.5) is 5.69 Å². The molecule has 0 aliphatic carbocycles. The fourth-order valence-corrected chi connectivity index (χ4v) is 3.65. The lowest BCUT2D eigenvalue weighted by atomic mass is 10.2. The molecule has 0 spiro atoms. The normalized spacial score (nSPS) is 17.3. The minimum Gasteiger partial charge on any atom is -0.465 e. The van der Waals surface area contributed by atoms with Gasteiger partial charge in [-0.15, -0.1) is 0 Å². The molecule has 1 heterocycles. The molecule has 1 aliphatic rings. The van der Waals surface area contributed by atoms with Crippen LogP contribution in [-0.4, -0.2) is 34.3 Å². The van der Waals surface area contributed by atoms with E-state index < -0.39 is 19.2 Å². The van der Waals surface area contributed by atoms with Crippen molar-refractivity contribution in [1.82, 2.24) is 0 Å². The van der Waals surface area contributed by atoms with Gasteiger partial charge in [0.15, 0.2) is 6.29 Å². The maximum Gasteiger partial charge on any atom is 0.294 e. The number of halogens is 1. The molecule has 3 rings (SSSR count). The second kappa shape index (κ2) is 9.57. The molecule has 0 saturated carbocycles.